The molecule has 2 heterocycles. The van der Waals surface area contributed by atoms with Crippen LogP contribution in [0, 0.1) is 5.41 Å². The fourth-order valence-electron chi connectivity index (χ4n) is 2.22. The van der Waals surface area contributed by atoms with E-state index in [0.717, 1.165) is 6.54 Å². The number of hydrogen-bond acceptors (Lipinski definition) is 3. The second kappa shape index (κ2) is 4.80. The van der Waals surface area contributed by atoms with Crippen molar-refractivity contribution in [2.24, 2.45) is 5.41 Å². The van der Waals surface area contributed by atoms with Gasteiger partial charge in [0.05, 0.1) is 0 Å². The van der Waals surface area contributed by atoms with Crippen molar-refractivity contribution in [2.45, 2.75) is 33.4 Å². The van der Waals surface area contributed by atoms with E-state index in [9.17, 15) is 0 Å². The third kappa shape index (κ3) is 2.80. The molecule has 1 aliphatic rings. The van der Waals surface area contributed by atoms with Gasteiger partial charge in [-0.2, -0.15) is 16.9 Å². The molecule has 0 aromatic carbocycles. The third-order valence-corrected chi connectivity index (χ3v) is 4.19. The van der Waals surface area contributed by atoms with Crippen molar-refractivity contribution >= 4 is 11.8 Å². The summed E-state index contributed by atoms with van der Waals surface area (Å²) in [5.74, 6) is 2.50. The van der Waals surface area contributed by atoms with Gasteiger partial charge in [0, 0.05) is 42.5 Å². The molecule has 1 aliphatic heterocycles. The predicted molar refractivity (Wildman–Crippen MR) is 69.6 cm³/mol. The van der Waals surface area contributed by atoms with Crippen LogP contribution < -0.4 is 0 Å². The summed E-state index contributed by atoms with van der Waals surface area (Å²) in [6.45, 7) is 9.20. The molecule has 1 fully saturated rings. The van der Waals surface area contributed by atoms with Crippen LogP contribution in [-0.4, -0.2) is 39.2 Å². The van der Waals surface area contributed by atoms with E-state index in [1.165, 1.54) is 23.7 Å². The van der Waals surface area contributed by atoms with Gasteiger partial charge in [0.25, 0.3) is 0 Å². The number of rotatable bonds is 2. The van der Waals surface area contributed by atoms with Crippen LogP contribution in [-0.2, 0) is 6.54 Å². The smallest absolute Gasteiger partial charge is 0.0492 e. The Kier molecular flexibility index (Phi) is 3.60. The summed E-state index contributed by atoms with van der Waals surface area (Å²) in [4.78, 5) is 2.59. The summed E-state index contributed by atoms with van der Waals surface area (Å²) >= 11 is 2.08. The molecule has 1 aromatic heterocycles. The summed E-state index contributed by atoms with van der Waals surface area (Å²) in [6, 6.07) is 2.73. The first kappa shape index (κ1) is 12.0. The van der Waals surface area contributed by atoms with Gasteiger partial charge < -0.3 is 0 Å². The minimum absolute atomic E-state index is 0.355. The Morgan fingerprint density at radius 2 is 2.38 bits per heavy atom. The number of aromatic amines is 1. The number of aromatic nitrogens is 2. The molecule has 90 valence electrons. The normalized spacial score (nSPS) is 23.6. The summed E-state index contributed by atoms with van der Waals surface area (Å²) in [6.07, 6.45) is 1.83. The maximum atomic E-state index is 4.02. The summed E-state index contributed by atoms with van der Waals surface area (Å²) < 4.78 is 0. The monoisotopic (exact) mass is 239 g/mol. The second-order valence-corrected chi connectivity index (χ2v) is 6.66. The summed E-state index contributed by atoms with van der Waals surface area (Å²) in [5, 5.41) is 7.08. The minimum Gasteiger partial charge on any atom is -0.292 e. The molecule has 0 amide bonds. The molecule has 4 heteroatoms. The Bertz CT molecular complexity index is 316. The van der Waals surface area contributed by atoms with Crippen molar-refractivity contribution in [3.05, 3.63) is 18.0 Å². The first-order valence-corrected chi connectivity index (χ1v) is 7.03. The molecule has 2 rings (SSSR count). The number of hydrogen-bond donors (Lipinski definition) is 1. The fraction of sp³-hybridized carbons (Fsp3) is 0.750. The van der Waals surface area contributed by atoms with E-state index in [-0.39, 0.29) is 0 Å². The van der Waals surface area contributed by atoms with Crippen molar-refractivity contribution in [1.82, 2.24) is 15.1 Å². The van der Waals surface area contributed by atoms with Crippen LogP contribution in [0.1, 0.15) is 26.5 Å². The number of nitrogens with zero attached hydrogens (tertiary/aromatic N) is 2. The van der Waals surface area contributed by atoms with Crippen molar-refractivity contribution in [2.75, 3.05) is 18.1 Å². The molecule has 0 radical (unpaired) electrons. The van der Waals surface area contributed by atoms with Gasteiger partial charge in [0.15, 0.2) is 0 Å². The highest BCUT2D eigenvalue weighted by molar-refractivity contribution is 7.99. The van der Waals surface area contributed by atoms with E-state index >= 15 is 0 Å². The number of H-pyrrole nitrogens is 1. The van der Waals surface area contributed by atoms with Gasteiger partial charge in [-0.25, -0.2) is 0 Å². The van der Waals surface area contributed by atoms with Gasteiger partial charge >= 0.3 is 0 Å². The molecule has 0 bridgehead atoms. The number of nitrogens with one attached hydrogen (secondary N) is 1. The maximum Gasteiger partial charge on any atom is 0.0492 e. The van der Waals surface area contributed by atoms with E-state index in [1.807, 2.05) is 6.20 Å². The summed E-state index contributed by atoms with van der Waals surface area (Å²) in [7, 11) is 0. The molecule has 3 nitrogen and oxygen atoms in total. The highest BCUT2D eigenvalue weighted by Gasteiger charge is 2.32. The Morgan fingerprint density at radius 1 is 1.56 bits per heavy atom. The lowest BCUT2D eigenvalue weighted by atomic mass is 9.86. The Labute approximate surface area is 102 Å². The van der Waals surface area contributed by atoms with Crippen LogP contribution in [0.15, 0.2) is 12.3 Å². The van der Waals surface area contributed by atoms with Gasteiger partial charge in [-0.1, -0.05) is 20.8 Å². The lowest BCUT2D eigenvalue weighted by Gasteiger charge is -2.42. The van der Waals surface area contributed by atoms with Crippen molar-refractivity contribution in [3.63, 3.8) is 0 Å². The van der Waals surface area contributed by atoms with Gasteiger partial charge in [-0.05, 0) is 11.5 Å². The molecule has 0 saturated carbocycles. The lowest BCUT2D eigenvalue weighted by Crippen LogP contribution is -2.49. The van der Waals surface area contributed by atoms with Crippen LogP contribution in [0.5, 0.6) is 0 Å². The minimum atomic E-state index is 0.355. The van der Waals surface area contributed by atoms with Crippen LogP contribution in [0.4, 0.5) is 0 Å². The zero-order chi connectivity index (χ0) is 11.6. The zero-order valence-corrected chi connectivity index (χ0v) is 11.2. The van der Waals surface area contributed by atoms with Crippen molar-refractivity contribution in [1.29, 1.82) is 0 Å². The molecule has 1 unspecified atom stereocenters. The SMILES string of the molecule is CC(C)(C)C1CSCCN1Cc1ccn[nH]1. The maximum absolute atomic E-state index is 4.02. The molecule has 1 atom stereocenters. The average Bonchev–Trinajstić information content (AvgIpc) is 2.70. The first-order valence-electron chi connectivity index (χ1n) is 5.87. The topological polar surface area (TPSA) is 31.9 Å². The van der Waals surface area contributed by atoms with Crippen LogP contribution in [0.3, 0.4) is 0 Å². The molecule has 1 saturated heterocycles. The van der Waals surface area contributed by atoms with Gasteiger partial charge in [0.2, 0.25) is 0 Å². The van der Waals surface area contributed by atoms with E-state index < -0.39 is 0 Å². The largest absolute Gasteiger partial charge is 0.292 e. The fourth-order valence-corrected chi connectivity index (χ4v) is 3.68. The molecule has 16 heavy (non-hydrogen) atoms. The average molecular weight is 239 g/mol. The zero-order valence-electron chi connectivity index (χ0n) is 10.4. The van der Waals surface area contributed by atoms with Crippen molar-refractivity contribution < 1.29 is 0 Å². The molecule has 0 spiro atoms. The first-order chi connectivity index (χ1) is 7.57. The summed E-state index contributed by atoms with van der Waals surface area (Å²) in [5.41, 5.74) is 1.58. The predicted octanol–water partition coefficient (Wildman–Crippen LogP) is 2.37. The molecule has 1 aromatic rings. The van der Waals surface area contributed by atoms with E-state index in [4.69, 9.17) is 0 Å². The van der Waals surface area contributed by atoms with Crippen LogP contribution >= 0.6 is 11.8 Å². The molecule has 0 aliphatic carbocycles. The molecular formula is C12H21N3S. The Morgan fingerprint density at radius 3 is 3.00 bits per heavy atom. The van der Waals surface area contributed by atoms with Crippen LogP contribution in [0.25, 0.3) is 0 Å². The van der Waals surface area contributed by atoms with Gasteiger partial charge in [0.1, 0.15) is 0 Å². The van der Waals surface area contributed by atoms with E-state index in [2.05, 4.69) is 53.7 Å². The third-order valence-electron chi connectivity index (χ3n) is 3.17. The Balaban J connectivity index is 2.05. The van der Waals surface area contributed by atoms with Gasteiger partial charge in [-0.15, -0.1) is 0 Å². The number of thioether (sulfide) groups is 1. The highest BCUT2D eigenvalue weighted by Crippen LogP contribution is 2.31. The Hall–Kier alpha value is -0.480. The van der Waals surface area contributed by atoms with E-state index in [0.29, 0.717) is 11.5 Å². The second-order valence-electron chi connectivity index (χ2n) is 5.51. The highest BCUT2D eigenvalue weighted by atomic mass is 32.2. The van der Waals surface area contributed by atoms with Gasteiger partial charge in [-0.3, -0.25) is 10.00 Å². The van der Waals surface area contributed by atoms with E-state index in [1.54, 1.807) is 0 Å². The quantitative estimate of drug-likeness (QED) is 0.860. The molecule has 1 N–H and O–H groups in total. The lowest BCUT2D eigenvalue weighted by molar-refractivity contribution is 0.110. The molecular weight excluding hydrogens is 218 g/mol. The standard InChI is InChI=1S/C12H21N3S/c1-12(2,3)11-9-16-7-6-15(11)8-10-4-5-13-14-10/h4-5,11H,6-9H2,1-3H3,(H,13,14). The van der Waals surface area contributed by atoms with Crippen LogP contribution in [0.2, 0.25) is 0 Å². The van der Waals surface area contributed by atoms with Crippen molar-refractivity contribution in [3.8, 4) is 0 Å².